The fourth-order valence-corrected chi connectivity index (χ4v) is 8.88. The van der Waals surface area contributed by atoms with E-state index >= 15 is 0 Å². The maximum Gasteiger partial charge on any atom is 0.363 e. The van der Waals surface area contributed by atoms with E-state index in [1.54, 1.807) is 17.0 Å². The van der Waals surface area contributed by atoms with E-state index in [1.165, 1.54) is 24.3 Å². The molecule has 0 unspecified atom stereocenters. The molecule has 3 saturated heterocycles. The first-order valence-electron chi connectivity index (χ1n) is 16.6. The van der Waals surface area contributed by atoms with Gasteiger partial charge in [-0.25, -0.2) is 4.39 Å². The first-order valence-corrected chi connectivity index (χ1v) is 18.3. The van der Waals surface area contributed by atoms with Crippen molar-refractivity contribution >= 4 is 36.1 Å². The highest BCUT2D eigenvalue weighted by atomic mass is 31.2. The summed E-state index contributed by atoms with van der Waals surface area (Å²) in [5, 5.41) is 14.2. The Morgan fingerprint density at radius 3 is 2.42 bits per heavy atom. The molecule has 6 atom stereocenters. The first-order chi connectivity index (χ1) is 23.0. The molecule has 10 nitrogen and oxygen atoms in total. The van der Waals surface area contributed by atoms with Crippen LogP contribution in [0.15, 0.2) is 66.7 Å². The Morgan fingerprint density at radius 2 is 1.71 bits per heavy atom. The lowest BCUT2D eigenvalue weighted by molar-refractivity contribution is -0.148. The molecule has 3 aliphatic heterocycles. The van der Waals surface area contributed by atoms with Crippen molar-refractivity contribution in [2.24, 2.45) is 5.92 Å². The van der Waals surface area contributed by atoms with Crippen molar-refractivity contribution in [2.45, 2.75) is 86.9 Å². The van der Waals surface area contributed by atoms with Crippen LogP contribution in [0.25, 0.3) is 10.8 Å². The van der Waals surface area contributed by atoms with Crippen molar-refractivity contribution in [1.29, 1.82) is 5.26 Å². The van der Waals surface area contributed by atoms with E-state index in [0.29, 0.717) is 36.6 Å². The number of carbonyl (C=O) groups is 3. The lowest BCUT2D eigenvalue weighted by atomic mass is 9.85. The van der Waals surface area contributed by atoms with Gasteiger partial charge in [-0.2, -0.15) is 5.26 Å². The topological polar surface area (TPSA) is 151 Å². The summed E-state index contributed by atoms with van der Waals surface area (Å²) < 4.78 is 25.9. The van der Waals surface area contributed by atoms with Gasteiger partial charge in [0.15, 0.2) is 0 Å². The molecule has 4 aliphatic rings. The predicted molar refractivity (Wildman–Crippen MR) is 175 cm³/mol. The van der Waals surface area contributed by atoms with Gasteiger partial charge in [-0.1, -0.05) is 61.4 Å². The highest BCUT2D eigenvalue weighted by Crippen LogP contribution is 2.58. The SMILES string of the molecule is N#C[C@@H]1[C@@H](c2ccccc2)CN(C(=O)[C@@H]2CC[C@@H]3CCCC[C@H](NC(=O)c4ccc5ccc([C@@H](F)P(=O)(O)O)cc5c4)C(=O)N32)C12CC2. The summed E-state index contributed by atoms with van der Waals surface area (Å²) in [5.41, 5.74) is 0.555. The third-order valence-corrected chi connectivity index (χ3v) is 11.8. The van der Waals surface area contributed by atoms with Gasteiger partial charge in [-0.15, -0.1) is 0 Å². The fraction of sp³-hybridized carbons (Fsp3) is 0.444. The van der Waals surface area contributed by atoms with E-state index in [-0.39, 0.29) is 40.8 Å². The Hall–Kier alpha value is -4.10. The van der Waals surface area contributed by atoms with Gasteiger partial charge in [0.05, 0.1) is 17.5 Å². The van der Waals surface area contributed by atoms with Crippen LogP contribution < -0.4 is 5.32 Å². The van der Waals surface area contributed by atoms with Gasteiger partial charge >= 0.3 is 7.60 Å². The maximum atomic E-state index is 14.4. The summed E-state index contributed by atoms with van der Waals surface area (Å²) in [4.78, 5) is 64.4. The van der Waals surface area contributed by atoms with E-state index in [9.17, 15) is 38.4 Å². The molecule has 3 N–H and O–H groups in total. The van der Waals surface area contributed by atoms with Crippen LogP contribution in [-0.4, -0.2) is 67.5 Å². The predicted octanol–water partition coefficient (Wildman–Crippen LogP) is 5.32. The minimum atomic E-state index is -5.01. The minimum Gasteiger partial charge on any atom is -0.340 e. The number of nitrogens with one attached hydrogen (secondary N) is 1. The fourth-order valence-electron chi connectivity index (χ4n) is 8.33. The average Bonchev–Trinajstić information content (AvgIpc) is 3.64. The van der Waals surface area contributed by atoms with Crippen molar-refractivity contribution < 1.29 is 33.1 Å². The van der Waals surface area contributed by atoms with Gasteiger partial charge in [-0.3, -0.25) is 18.9 Å². The third kappa shape index (κ3) is 5.70. The standard InChI is InChI=1S/C36H38FN4O6P/c37-32(48(45,46)47)24-12-10-22-11-13-25(19-26(22)18-24)33(42)39-30-9-5-4-8-27-14-15-31(41(27)34(30)43)35(44)40-21-28(23-6-2-1-3-7-23)29(20-38)36(40)16-17-36/h1-3,6-7,10-13,18-19,27-32H,4-5,8-9,14-17,21H2,(H,39,42)(H2,45,46,47)/t27-,28+,29+,30-,31-,32-/m0/s1. The van der Waals surface area contributed by atoms with Crippen LogP contribution in [0.5, 0.6) is 0 Å². The zero-order chi connectivity index (χ0) is 33.8. The van der Waals surface area contributed by atoms with E-state index in [1.807, 2.05) is 35.2 Å². The molecule has 0 aromatic heterocycles. The number of fused-ring (bicyclic) bond motifs is 2. The summed E-state index contributed by atoms with van der Waals surface area (Å²) in [6.07, 6.45) is 5.55. The Labute approximate surface area is 278 Å². The molecule has 0 bridgehead atoms. The van der Waals surface area contributed by atoms with E-state index in [0.717, 1.165) is 37.7 Å². The Balaban J connectivity index is 1.11. The van der Waals surface area contributed by atoms with Crippen LogP contribution in [0, 0.1) is 17.2 Å². The number of carbonyl (C=O) groups excluding carboxylic acids is 3. The quantitative estimate of drug-likeness (QED) is 0.300. The van der Waals surface area contributed by atoms with Crippen LogP contribution in [0.2, 0.25) is 0 Å². The Morgan fingerprint density at radius 1 is 0.979 bits per heavy atom. The smallest absolute Gasteiger partial charge is 0.340 e. The van der Waals surface area contributed by atoms with Gasteiger partial charge < -0.3 is 24.9 Å². The second-order valence-corrected chi connectivity index (χ2v) is 15.4. The van der Waals surface area contributed by atoms with E-state index in [4.69, 9.17) is 0 Å². The molecule has 12 heteroatoms. The molecule has 4 fully saturated rings. The third-order valence-electron chi connectivity index (χ3n) is 10.9. The van der Waals surface area contributed by atoms with Crippen LogP contribution in [0.3, 0.4) is 0 Å². The van der Waals surface area contributed by atoms with Crippen molar-refractivity contribution in [1.82, 2.24) is 15.1 Å². The normalized spacial score (nSPS) is 27.2. The van der Waals surface area contributed by atoms with Crippen LogP contribution in [-0.2, 0) is 14.2 Å². The number of alkyl halides is 1. The van der Waals surface area contributed by atoms with Gasteiger partial charge in [0.1, 0.15) is 12.1 Å². The monoisotopic (exact) mass is 672 g/mol. The molecule has 3 aromatic carbocycles. The van der Waals surface area contributed by atoms with Gasteiger partial charge in [0.2, 0.25) is 17.7 Å². The largest absolute Gasteiger partial charge is 0.363 e. The summed E-state index contributed by atoms with van der Waals surface area (Å²) >= 11 is 0. The van der Waals surface area contributed by atoms with Gasteiger partial charge in [-0.05, 0) is 78.6 Å². The van der Waals surface area contributed by atoms with Crippen molar-refractivity contribution in [3.05, 3.63) is 83.4 Å². The number of hydrogen-bond acceptors (Lipinski definition) is 5. The number of benzene rings is 3. The molecule has 3 aromatic rings. The lowest BCUT2D eigenvalue weighted by Crippen LogP contribution is -2.57. The number of likely N-dealkylation sites (tertiary alicyclic amines) is 1. The van der Waals surface area contributed by atoms with E-state index in [2.05, 4.69) is 11.4 Å². The van der Waals surface area contributed by atoms with Crippen molar-refractivity contribution in [3.8, 4) is 6.07 Å². The number of hydrogen-bond donors (Lipinski definition) is 3. The van der Waals surface area contributed by atoms with Gasteiger partial charge in [0.25, 0.3) is 5.91 Å². The molecule has 1 saturated carbocycles. The molecule has 3 amide bonds. The van der Waals surface area contributed by atoms with Crippen LogP contribution in [0.1, 0.15) is 84.7 Å². The molecule has 1 aliphatic carbocycles. The van der Waals surface area contributed by atoms with Crippen LogP contribution in [0.4, 0.5) is 4.39 Å². The summed E-state index contributed by atoms with van der Waals surface area (Å²) in [6, 6.07) is 19.7. The highest BCUT2D eigenvalue weighted by Gasteiger charge is 2.64. The second kappa shape index (κ2) is 12.4. The molecule has 7 rings (SSSR count). The van der Waals surface area contributed by atoms with Crippen LogP contribution >= 0.6 is 7.60 Å². The van der Waals surface area contributed by atoms with E-state index < -0.39 is 37.0 Å². The number of halogens is 1. The molecular formula is C36H38FN4O6P. The zero-order valence-corrected chi connectivity index (χ0v) is 27.3. The van der Waals surface area contributed by atoms with Crippen molar-refractivity contribution in [3.63, 3.8) is 0 Å². The number of nitrogens with zero attached hydrogens (tertiary/aromatic N) is 3. The molecule has 0 radical (unpaired) electrons. The zero-order valence-electron chi connectivity index (χ0n) is 26.4. The maximum absolute atomic E-state index is 14.4. The molecule has 250 valence electrons. The summed E-state index contributed by atoms with van der Waals surface area (Å²) in [6.45, 7) is 0.436. The minimum absolute atomic E-state index is 0.0967. The average molecular weight is 673 g/mol. The first kappa shape index (κ1) is 32.4. The molecule has 48 heavy (non-hydrogen) atoms. The molecular weight excluding hydrogens is 634 g/mol. The van der Waals surface area contributed by atoms with Gasteiger partial charge in [0, 0.05) is 24.1 Å². The lowest BCUT2D eigenvalue weighted by Gasteiger charge is -2.37. The summed E-state index contributed by atoms with van der Waals surface area (Å²) in [5.74, 6) is -3.80. The molecule has 3 heterocycles. The Bertz CT molecular complexity index is 1860. The number of nitriles is 1. The Kier molecular flexibility index (Phi) is 8.39. The van der Waals surface area contributed by atoms with Crippen molar-refractivity contribution in [2.75, 3.05) is 6.54 Å². The number of amides is 3. The molecule has 1 spiro atoms. The second-order valence-electron chi connectivity index (χ2n) is 13.7. The summed E-state index contributed by atoms with van der Waals surface area (Å²) in [7, 11) is -5.01. The highest BCUT2D eigenvalue weighted by molar-refractivity contribution is 7.51. The number of rotatable bonds is 6.